The van der Waals surface area contributed by atoms with E-state index in [0.717, 1.165) is 54.4 Å². The largest absolute Gasteiger partial charge is 0.550 e. The van der Waals surface area contributed by atoms with Gasteiger partial charge in [0.15, 0.2) is 0 Å². The number of rotatable bonds is 7. The first-order chi connectivity index (χ1) is 15.5. The molecule has 0 heterocycles. The quantitative estimate of drug-likeness (QED) is 0.669. The van der Waals surface area contributed by atoms with Crippen molar-refractivity contribution in [2.24, 2.45) is 0 Å². The van der Waals surface area contributed by atoms with E-state index in [9.17, 15) is 19.5 Å². The number of carbonyl (C=O) groups is 3. The summed E-state index contributed by atoms with van der Waals surface area (Å²) < 4.78 is 10.8. The zero-order chi connectivity index (χ0) is 22.5. The second-order valence-corrected chi connectivity index (χ2v) is 8.30. The maximum absolute atomic E-state index is 12.5. The average Bonchev–Trinajstić information content (AvgIpc) is 3.11. The van der Waals surface area contributed by atoms with Gasteiger partial charge in [-0.3, -0.25) is 0 Å². The molecule has 1 atom stereocenters. The third-order valence-electron chi connectivity index (χ3n) is 6.13. The summed E-state index contributed by atoms with van der Waals surface area (Å²) >= 11 is 0. The van der Waals surface area contributed by atoms with Crippen LogP contribution in [0.1, 0.15) is 55.6 Å². The number of carboxylic acids is 1. The van der Waals surface area contributed by atoms with E-state index in [4.69, 9.17) is 9.47 Å². The van der Waals surface area contributed by atoms with Gasteiger partial charge in [-0.1, -0.05) is 55.0 Å². The molecular formula is C25H26NO6-. The zero-order valence-electron chi connectivity index (χ0n) is 17.8. The van der Waals surface area contributed by atoms with Crippen LogP contribution in [0.3, 0.4) is 0 Å². The minimum Gasteiger partial charge on any atom is -0.550 e. The van der Waals surface area contributed by atoms with E-state index in [1.54, 1.807) is 0 Å². The van der Waals surface area contributed by atoms with E-state index in [-0.39, 0.29) is 18.6 Å². The van der Waals surface area contributed by atoms with Gasteiger partial charge in [0.2, 0.25) is 0 Å². The van der Waals surface area contributed by atoms with E-state index in [2.05, 4.69) is 5.32 Å². The smallest absolute Gasteiger partial charge is 0.407 e. The van der Waals surface area contributed by atoms with Crippen molar-refractivity contribution in [1.29, 1.82) is 0 Å². The van der Waals surface area contributed by atoms with E-state index in [1.165, 1.54) is 0 Å². The number of fused-ring (bicyclic) bond motifs is 3. The van der Waals surface area contributed by atoms with E-state index < -0.39 is 30.5 Å². The summed E-state index contributed by atoms with van der Waals surface area (Å²) in [5.74, 6) is -2.36. The van der Waals surface area contributed by atoms with Gasteiger partial charge in [0.05, 0.1) is 0 Å². The lowest BCUT2D eigenvalue weighted by molar-refractivity contribution is -0.306. The van der Waals surface area contributed by atoms with Gasteiger partial charge in [0.25, 0.3) is 0 Å². The summed E-state index contributed by atoms with van der Waals surface area (Å²) in [5.41, 5.74) is 4.32. The second-order valence-electron chi connectivity index (χ2n) is 8.30. The Labute approximate surface area is 186 Å². The molecule has 0 radical (unpaired) electrons. The van der Waals surface area contributed by atoms with Crippen molar-refractivity contribution in [2.75, 3.05) is 6.61 Å². The topological polar surface area (TPSA) is 105 Å². The third kappa shape index (κ3) is 4.93. The minimum absolute atomic E-state index is 0.0651. The zero-order valence-corrected chi connectivity index (χ0v) is 17.8. The fourth-order valence-corrected chi connectivity index (χ4v) is 4.57. The predicted molar refractivity (Wildman–Crippen MR) is 115 cm³/mol. The number of hydrogen-bond donors (Lipinski definition) is 1. The van der Waals surface area contributed by atoms with Gasteiger partial charge < -0.3 is 24.7 Å². The van der Waals surface area contributed by atoms with Crippen molar-refractivity contribution in [2.45, 2.75) is 56.6 Å². The SMILES string of the molecule is O=C([O-])C[C@H](NC(=O)OCC1c2ccccc2-c2ccccc21)C(=O)OC1CCCCC1. The summed E-state index contributed by atoms with van der Waals surface area (Å²) in [4.78, 5) is 36.1. The molecule has 0 saturated heterocycles. The van der Waals surface area contributed by atoms with Gasteiger partial charge in [0, 0.05) is 18.3 Å². The molecular weight excluding hydrogens is 410 g/mol. The van der Waals surface area contributed by atoms with Crippen LogP contribution in [0.5, 0.6) is 0 Å². The molecule has 1 N–H and O–H groups in total. The maximum Gasteiger partial charge on any atom is 0.407 e. The van der Waals surface area contributed by atoms with Gasteiger partial charge in [-0.2, -0.15) is 0 Å². The molecule has 2 aromatic rings. The molecule has 168 valence electrons. The Morgan fingerprint density at radius 1 is 0.938 bits per heavy atom. The van der Waals surface area contributed by atoms with Crippen molar-refractivity contribution < 1.29 is 29.0 Å². The highest BCUT2D eigenvalue weighted by molar-refractivity contribution is 5.85. The first-order valence-corrected chi connectivity index (χ1v) is 11.0. The number of carboxylic acid groups (broad SMARTS) is 1. The van der Waals surface area contributed by atoms with E-state index in [0.29, 0.717) is 0 Å². The molecule has 1 saturated carbocycles. The summed E-state index contributed by atoms with van der Waals surface area (Å²) in [6.45, 7) is 0.0651. The highest BCUT2D eigenvalue weighted by Crippen LogP contribution is 2.44. The summed E-state index contributed by atoms with van der Waals surface area (Å²) in [5, 5.41) is 13.5. The second kappa shape index (κ2) is 9.85. The van der Waals surface area contributed by atoms with Crippen molar-refractivity contribution in [3.63, 3.8) is 0 Å². The normalized spacial score (nSPS) is 16.5. The number of amides is 1. The van der Waals surface area contributed by atoms with Crippen LogP contribution in [-0.4, -0.2) is 36.8 Å². The van der Waals surface area contributed by atoms with Crippen LogP contribution < -0.4 is 10.4 Å². The van der Waals surface area contributed by atoms with Gasteiger partial charge in [0.1, 0.15) is 18.8 Å². The van der Waals surface area contributed by atoms with Gasteiger partial charge >= 0.3 is 12.1 Å². The first-order valence-electron chi connectivity index (χ1n) is 11.0. The van der Waals surface area contributed by atoms with Crippen LogP contribution in [0.25, 0.3) is 11.1 Å². The fraction of sp³-hybridized carbons (Fsp3) is 0.400. The molecule has 2 aromatic carbocycles. The number of hydrogen-bond acceptors (Lipinski definition) is 6. The van der Waals surface area contributed by atoms with Crippen LogP contribution in [0.15, 0.2) is 48.5 Å². The van der Waals surface area contributed by atoms with E-state index in [1.807, 2.05) is 48.5 Å². The number of carbonyl (C=O) groups excluding carboxylic acids is 3. The molecule has 1 amide bonds. The van der Waals surface area contributed by atoms with Gasteiger partial charge in [-0.05, 0) is 47.9 Å². The summed E-state index contributed by atoms with van der Waals surface area (Å²) in [6.07, 6.45) is 2.73. The van der Waals surface area contributed by atoms with Crippen LogP contribution in [0, 0.1) is 0 Å². The van der Waals surface area contributed by atoms with Gasteiger partial charge in [-0.25, -0.2) is 9.59 Å². The molecule has 0 aromatic heterocycles. The van der Waals surface area contributed by atoms with Crippen molar-refractivity contribution >= 4 is 18.0 Å². The fourth-order valence-electron chi connectivity index (χ4n) is 4.57. The maximum atomic E-state index is 12.5. The molecule has 7 heteroatoms. The Morgan fingerprint density at radius 2 is 1.53 bits per heavy atom. The summed E-state index contributed by atoms with van der Waals surface area (Å²) in [7, 11) is 0. The molecule has 4 rings (SSSR count). The van der Waals surface area contributed by atoms with Gasteiger partial charge in [-0.15, -0.1) is 0 Å². The lowest BCUT2D eigenvalue weighted by atomic mass is 9.98. The molecule has 32 heavy (non-hydrogen) atoms. The predicted octanol–water partition coefficient (Wildman–Crippen LogP) is 2.91. The molecule has 0 bridgehead atoms. The highest BCUT2D eigenvalue weighted by Gasteiger charge is 2.30. The third-order valence-corrected chi connectivity index (χ3v) is 6.13. The Morgan fingerprint density at radius 3 is 2.12 bits per heavy atom. The standard InChI is InChI=1S/C25H27NO6/c27-23(28)14-22(24(29)32-16-8-2-1-3-9-16)26-25(30)31-15-21-19-12-6-4-10-17(19)18-11-5-7-13-20(18)21/h4-7,10-13,16,21-22H,1-3,8-9,14-15H2,(H,26,30)(H,27,28)/p-1/t22-/m0/s1. The Hall–Kier alpha value is -3.35. The number of nitrogens with one attached hydrogen (secondary N) is 1. The number of alkyl carbamates (subject to hydrolysis) is 1. The van der Waals surface area contributed by atoms with Crippen molar-refractivity contribution in [3.05, 3.63) is 59.7 Å². The Bertz CT molecular complexity index is 952. The Kier molecular flexibility index (Phi) is 6.73. The molecule has 0 aliphatic heterocycles. The first kappa shape index (κ1) is 21.9. The van der Waals surface area contributed by atoms with Crippen LogP contribution in [-0.2, 0) is 19.1 Å². The number of esters is 1. The average molecular weight is 436 g/mol. The van der Waals surface area contributed by atoms with Crippen LogP contribution >= 0.6 is 0 Å². The van der Waals surface area contributed by atoms with Crippen molar-refractivity contribution in [1.82, 2.24) is 5.32 Å². The molecule has 0 spiro atoms. The van der Waals surface area contributed by atoms with E-state index >= 15 is 0 Å². The number of benzene rings is 2. The summed E-state index contributed by atoms with van der Waals surface area (Å²) in [6, 6.07) is 14.5. The molecule has 0 unspecified atom stereocenters. The lowest BCUT2D eigenvalue weighted by Crippen LogP contribution is -2.46. The number of ether oxygens (including phenoxy) is 2. The Balaban J connectivity index is 1.39. The van der Waals surface area contributed by atoms with Crippen LogP contribution in [0.2, 0.25) is 0 Å². The molecule has 2 aliphatic carbocycles. The molecule has 1 fully saturated rings. The minimum atomic E-state index is -1.45. The monoisotopic (exact) mass is 436 g/mol. The number of aliphatic carboxylic acids is 1. The van der Waals surface area contributed by atoms with Crippen LogP contribution in [0.4, 0.5) is 4.79 Å². The molecule has 7 nitrogen and oxygen atoms in total. The molecule has 2 aliphatic rings. The highest BCUT2D eigenvalue weighted by atomic mass is 16.6. The lowest BCUT2D eigenvalue weighted by Gasteiger charge is -2.25. The van der Waals surface area contributed by atoms with Crippen molar-refractivity contribution in [3.8, 4) is 11.1 Å².